The summed E-state index contributed by atoms with van der Waals surface area (Å²) in [6.07, 6.45) is 0.281. The monoisotopic (exact) mass is 713 g/mol. The number of unbranched alkanes of at least 4 members (excludes halogenated alkanes) is 6. The summed E-state index contributed by atoms with van der Waals surface area (Å²) in [5.74, 6) is -4.27. The highest BCUT2D eigenvalue weighted by Crippen LogP contribution is 2.65. The molecule has 7 nitrogen and oxygen atoms in total. The maximum atomic E-state index is 13.0. The summed E-state index contributed by atoms with van der Waals surface area (Å²) in [5, 5.41) is 27.7. The van der Waals surface area contributed by atoms with Crippen LogP contribution in [-0.4, -0.2) is 52.9 Å². The number of hydrogen-bond acceptors (Lipinski definition) is 6. The molecule has 4 N–H and O–H groups in total. The molecule has 0 radical (unpaired) electrons. The van der Waals surface area contributed by atoms with Crippen LogP contribution in [-0.2, 0) is 21.5 Å². The van der Waals surface area contributed by atoms with Crippen LogP contribution in [0.1, 0.15) is 114 Å². The van der Waals surface area contributed by atoms with Crippen molar-refractivity contribution in [2.24, 2.45) is 28.3 Å². The van der Waals surface area contributed by atoms with Crippen molar-refractivity contribution in [1.82, 2.24) is 0 Å². The maximum Gasteiger partial charge on any atom is 0.453 e. The fourth-order valence-electron chi connectivity index (χ4n) is 8.43. The van der Waals surface area contributed by atoms with Gasteiger partial charge in [-0.2, -0.15) is 35.5 Å². The normalized spacial score (nSPS) is 30.0. The minimum Gasteiger partial charge on any atom is -0.616 e. The summed E-state index contributed by atoms with van der Waals surface area (Å²) in [6.45, 7) is 6.42. The lowest BCUT2D eigenvalue weighted by molar-refractivity contribution is -0.284. The van der Waals surface area contributed by atoms with Crippen molar-refractivity contribution in [1.29, 1.82) is 0 Å². The van der Waals surface area contributed by atoms with E-state index in [1.54, 1.807) is 12.1 Å². The molecule has 0 spiro atoms. The van der Waals surface area contributed by atoms with Gasteiger partial charge < -0.3 is 18.9 Å². The van der Waals surface area contributed by atoms with E-state index in [4.69, 9.17) is 9.32 Å². The maximum absolute atomic E-state index is 13.0. The zero-order valence-electron chi connectivity index (χ0n) is 26.8. The van der Waals surface area contributed by atoms with E-state index in [2.05, 4.69) is 13.5 Å². The van der Waals surface area contributed by atoms with Crippen molar-refractivity contribution in [2.75, 3.05) is 11.5 Å². The van der Waals surface area contributed by atoms with Gasteiger partial charge in [-0.25, -0.2) is 0 Å². The van der Waals surface area contributed by atoms with Gasteiger partial charge in [-0.3, -0.25) is 0 Å². The lowest BCUT2D eigenvalue weighted by atomic mass is 9.51. The van der Waals surface area contributed by atoms with Crippen LogP contribution in [0.5, 0.6) is 5.75 Å². The van der Waals surface area contributed by atoms with Crippen LogP contribution in [0.2, 0.25) is 0 Å². The van der Waals surface area contributed by atoms with Gasteiger partial charge in [-0.15, -0.1) is 0 Å². The van der Waals surface area contributed by atoms with Gasteiger partial charge in [0.2, 0.25) is 0 Å². The van der Waals surface area contributed by atoms with Gasteiger partial charge >= 0.3 is 22.4 Å². The first-order chi connectivity index (χ1) is 21.9. The largest absolute Gasteiger partial charge is 0.616 e. The van der Waals surface area contributed by atoms with Gasteiger partial charge in [0.1, 0.15) is 17.3 Å². The highest BCUT2D eigenvalue weighted by Gasteiger charge is 2.59. The second kappa shape index (κ2) is 15.2. The van der Waals surface area contributed by atoms with Gasteiger partial charge in [0.05, 0.1) is 12.2 Å². The molecule has 8 atom stereocenters. The molecule has 0 amide bonds. The predicted octanol–water partition coefficient (Wildman–Crippen LogP) is 7.22. The molecule has 4 unspecified atom stereocenters. The van der Waals surface area contributed by atoms with E-state index < -0.39 is 58.6 Å². The molecule has 0 heterocycles. The number of aliphatic hydroxyl groups is 2. The summed E-state index contributed by atoms with van der Waals surface area (Å²) in [7, 11) is -4.23. The zero-order chi connectivity index (χ0) is 34.8. The number of fused-ring (bicyclic) bond motifs is 5. The summed E-state index contributed by atoms with van der Waals surface area (Å²) >= 11 is -1.42. The number of benzene rings is 1. The van der Waals surface area contributed by atoms with Crippen LogP contribution in [0, 0.1) is 23.2 Å². The molecule has 1 aromatic carbocycles. The first-order valence-corrected chi connectivity index (χ1v) is 19.5. The molecule has 2 fully saturated rings. The van der Waals surface area contributed by atoms with E-state index in [-0.39, 0.29) is 46.3 Å². The Bertz CT molecular complexity index is 1350. The number of hydrogen-bond donors (Lipinski definition) is 3. The summed E-state index contributed by atoms with van der Waals surface area (Å²) < 4.78 is 103. The van der Waals surface area contributed by atoms with Crippen molar-refractivity contribution < 1.29 is 49.3 Å². The van der Waals surface area contributed by atoms with Crippen LogP contribution in [0.15, 0.2) is 30.4 Å². The molecular weight excluding hydrogens is 665 g/mol. The molecule has 4 rings (SSSR count). The average Bonchev–Trinajstić information content (AvgIpc) is 3.20. The van der Waals surface area contributed by atoms with Crippen molar-refractivity contribution in [3.8, 4) is 5.75 Å². The van der Waals surface area contributed by atoms with E-state index >= 15 is 0 Å². The minimum atomic E-state index is -5.58. The lowest BCUT2D eigenvalue weighted by Gasteiger charge is -2.53. The molecular formula is C33H48F5NO6S2. The Morgan fingerprint density at radius 2 is 1.64 bits per heavy atom. The Morgan fingerprint density at radius 3 is 2.28 bits per heavy atom. The molecule has 14 heteroatoms. The third-order valence-corrected chi connectivity index (χ3v) is 12.8. The molecule has 47 heavy (non-hydrogen) atoms. The molecule has 268 valence electrons. The fourth-order valence-corrected chi connectivity index (χ4v) is 10.00. The first kappa shape index (κ1) is 38.4. The van der Waals surface area contributed by atoms with Crippen molar-refractivity contribution in [2.45, 2.75) is 121 Å². The van der Waals surface area contributed by atoms with E-state index in [0.29, 0.717) is 18.4 Å². The van der Waals surface area contributed by atoms with Crippen LogP contribution in [0.3, 0.4) is 0 Å². The molecule has 3 aliphatic carbocycles. The van der Waals surface area contributed by atoms with Gasteiger partial charge in [0, 0.05) is 6.42 Å². The Balaban J connectivity index is 1.27. The van der Waals surface area contributed by atoms with Crippen LogP contribution >= 0.6 is 0 Å². The van der Waals surface area contributed by atoms with E-state index in [9.17, 15) is 45.1 Å². The number of rotatable bonds is 16. The Hall–Kier alpha value is -1.45. The van der Waals surface area contributed by atoms with Gasteiger partial charge in [0.15, 0.2) is 0 Å². The zero-order valence-corrected chi connectivity index (χ0v) is 28.5. The molecule has 1 aromatic rings. The number of halogens is 5. The topological polar surface area (TPSA) is 133 Å². The first-order valence-electron chi connectivity index (χ1n) is 16.6. The fraction of sp³-hybridized carbons (Fsp3) is 0.758. The van der Waals surface area contributed by atoms with Gasteiger partial charge in [-0.1, -0.05) is 62.8 Å². The average molecular weight is 714 g/mol. The highest BCUT2D eigenvalue weighted by molar-refractivity contribution is 7.91. The van der Waals surface area contributed by atoms with Crippen LogP contribution in [0.25, 0.3) is 0 Å². The van der Waals surface area contributed by atoms with E-state index in [0.717, 1.165) is 68.9 Å². The molecule has 0 aliphatic heterocycles. The summed E-state index contributed by atoms with van der Waals surface area (Å²) in [5.41, 5.74) is 2.29. The van der Waals surface area contributed by atoms with Crippen LogP contribution in [0.4, 0.5) is 22.0 Å². The second-order valence-electron chi connectivity index (χ2n) is 13.9. The van der Waals surface area contributed by atoms with Gasteiger partial charge in [0.25, 0.3) is 0 Å². The smallest absolute Gasteiger partial charge is 0.453 e. The molecule has 0 bridgehead atoms. The minimum absolute atomic E-state index is 0.0552. The standard InChI is InChI=1S/C33H48F5NO6S2/c1-21-28(40)20-27-29-24(14-16-31(21,27)2)23-13-12-22(45-47(39,43)44)19-26(23)30(41)25(29)11-8-6-4-3-5-7-9-17-46(42)18-10-15-32(34,35)33(36,37)38/h12-13,19,24-25,27-30,40-41H,1,3-11,14-18,20H2,2H3,(H2,39,43,44)/t24?,25-,27?,28+,29?,30-,31+,46?/m0/s1. The Labute approximate surface area is 278 Å². The number of nitrogens with two attached hydrogens (primary N) is 1. The molecule has 0 saturated heterocycles. The quantitative estimate of drug-likeness (QED) is 0.0718. The van der Waals surface area contributed by atoms with Crippen LogP contribution < -0.4 is 9.32 Å². The summed E-state index contributed by atoms with van der Waals surface area (Å²) in [4.78, 5) is 0. The Morgan fingerprint density at radius 1 is 1.02 bits per heavy atom. The second-order valence-corrected chi connectivity index (χ2v) is 16.8. The van der Waals surface area contributed by atoms with E-state index in [1.165, 1.54) is 0 Å². The van der Waals surface area contributed by atoms with Crippen molar-refractivity contribution in [3.05, 3.63) is 41.5 Å². The van der Waals surface area contributed by atoms with Crippen molar-refractivity contribution in [3.63, 3.8) is 0 Å². The highest BCUT2D eigenvalue weighted by atomic mass is 32.2. The molecule has 3 aliphatic rings. The Kier molecular flexibility index (Phi) is 12.4. The molecule has 2 saturated carbocycles. The summed E-state index contributed by atoms with van der Waals surface area (Å²) in [6, 6.07) is 4.98. The third-order valence-electron chi connectivity index (χ3n) is 10.9. The van der Waals surface area contributed by atoms with E-state index in [1.807, 2.05) is 6.07 Å². The third kappa shape index (κ3) is 9.02. The van der Waals surface area contributed by atoms with Gasteiger partial charge in [-0.05, 0) is 103 Å². The molecule has 0 aromatic heterocycles. The predicted molar refractivity (Wildman–Crippen MR) is 171 cm³/mol. The van der Waals surface area contributed by atoms with Crippen molar-refractivity contribution >= 4 is 21.5 Å². The SMILES string of the molecule is C=C1[C@H](O)CC2C3C(CC[C@]12C)c1ccc(OS(N)(=O)=O)cc1[C@@H](O)[C@H]3CCCCCCCCC[S+]([O-])CCCC(F)(F)C(F)(F)F. The lowest BCUT2D eigenvalue weighted by Crippen LogP contribution is -2.45. The number of aliphatic hydroxyl groups excluding tert-OH is 2. The number of alkyl halides is 5.